The summed E-state index contributed by atoms with van der Waals surface area (Å²) < 4.78 is 0. The zero-order valence-electron chi connectivity index (χ0n) is 15.3. The molecule has 6 nitrogen and oxygen atoms in total. The normalized spacial score (nSPS) is 16.2. The van der Waals surface area contributed by atoms with Gasteiger partial charge in [0, 0.05) is 49.4 Å². The van der Waals surface area contributed by atoms with Gasteiger partial charge >= 0.3 is 0 Å². The molecule has 1 aliphatic heterocycles. The number of para-hydroxylation sites is 1. The number of hydrogen-bond donors (Lipinski definition) is 1. The summed E-state index contributed by atoms with van der Waals surface area (Å²) in [6.45, 7) is 0.763. The quantitative estimate of drug-likeness (QED) is 0.747. The summed E-state index contributed by atoms with van der Waals surface area (Å²) in [6, 6.07) is 17.0. The third-order valence-electron chi connectivity index (χ3n) is 4.86. The molecule has 1 N–H and O–H groups in total. The van der Waals surface area contributed by atoms with Gasteiger partial charge in [-0.05, 0) is 35.9 Å². The van der Waals surface area contributed by atoms with Crippen molar-refractivity contribution in [1.82, 2.24) is 15.3 Å². The van der Waals surface area contributed by atoms with Gasteiger partial charge < -0.3 is 10.2 Å². The predicted molar refractivity (Wildman–Crippen MR) is 106 cm³/mol. The fourth-order valence-corrected chi connectivity index (χ4v) is 3.42. The van der Waals surface area contributed by atoms with Gasteiger partial charge in [-0.25, -0.2) is 0 Å². The van der Waals surface area contributed by atoms with Gasteiger partial charge in [-0.15, -0.1) is 0 Å². The third-order valence-corrected chi connectivity index (χ3v) is 4.86. The molecule has 1 unspecified atom stereocenters. The van der Waals surface area contributed by atoms with Crippen LogP contribution in [0.4, 0.5) is 5.69 Å². The predicted octanol–water partition coefficient (Wildman–Crippen LogP) is 2.81. The van der Waals surface area contributed by atoms with E-state index in [1.165, 1.54) is 0 Å². The zero-order chi connectivity index (χ0) is 19.3. The molecule has 28 heavy (non-hydrogen) atoms. The Balaban J connectivity index is 1.43. The highest BCUT2D eigenvalue weighted by Crippen LogP contribution is 2.25. The van der Waals surface area contributed by atoms with Crippen LogP contribution in [0.5, 0.6) is 0 Å². The van der Waals surface area contributed by atoms with Gasteiger partial charge in [-0.3, -0.25) is 19.6 Å². The summed E-state index contributed by atoms with van der Waals surface area (Å²) in [6.07, 6.45) is 5.39. The number of carbonyl (C=O) groups excluding carboxylic acids is 2. The standard InChI is InChI=1S/C22H20N4O2/c27-20-13-18(15-26(20)19-6-2-1-3-7-19)22(28)25-14-17-5-4-10-24-21(17)16-8-11-23-12-9-16/h1-12,18H,13-15H2,(H,25,28). The minimum absolute atomic E-state index is 0.0230. The molecule has 6 heteroatoms. The van der Waals surface area contributed by atoms with E-state index in [4.69, 9.17) is 0 Å². The van der Waals surface area contributed by atoms with Crippen LogP contribution in [0.2, 0.25) is 0 Å². The van der Waals surface area contributed by atoms with Crippen LogP contribution in [0, 0.1) is 5.92 Å². The number of pyridine rings is 2. The average molecular weight is 372 g/mol. The fraction of sp³-hybridized carbons (Fsp3) is 0.182. The van der Waals surface area contributed by atoms with Crippen molar-refractivity contribution in [1.29, 1.82) is 0 Å². The first kappa shape index (κ1) is 17.9. The molecule has 0 saturated carbocycles. The largest absolute Gasteiger partial charge is 0.352 e. The number of amides is 2. The lowest BCUT2D eigenvalue weighted by atomic mass is 10.1. The average Bonchev–Trinajstić information content (AvgIpc) is 3.15. The van der Waals surface area contributed by atoms with Crippen molar-refractivity contribution in [2.45, 2.75) is 13.0 Å². The van der Waals surface area contributed by atoms with E-state index in [0.717, 1.165) is 22.5 Å². The molecule has 140 valence electrons. The van der Waals surface area contributed by atoms with E-state index >= 15 is 0 Å². The molecule has 3 aromatic rings. The number of benzene rings is 1. The van der Waals surface area contributed by atoms with Gasteiger partial charge in [0.1, 0.15) is 0 Å². The van der Waals surface area contributed by atoms with E-state index in [0.29, 0.717) is 13.1 Å². The molecule has 2 amide bonds. The Bertz CT molecular complexity index is 976. The molecule has 1 fully saturated rings. The molecule has 1 aromatic carbocycles. The van der Waals surface area contributed by atoms with Crippen molar-refractivity contribution in [3.05, 3.63) is 78.8 Å². The third kappa shape index (κ3) is 3.76. The van der Waals surface area contributed by atoms with Crippen LogP contribution < -0.4 is 10.2 Å². The monoisotopic (exact) mass is 372 g/mol. The number of carbonyl (C=O) groups is 2. The zero-order valence-corrected chi connectivity index (χ0v) is 15.3. The summed E-state index contributed by atoms with van der Waals surface area (Å²) in [7, 11) is 0. The maximum atomic E-state index is 12.7. The van der Waals surface area contributed by atoms with Crippen LogP contribution in [0.15, 0.2) is 73.2 Å². The topological polar surface area (TPSA) is 75.2 Å². The van der Waals surface area contributed by atoms with Gasteiger partial charge in [-0.2, -0.15) is 0 Å². The Morgan fingerprint density at radius 2 is 1.82 bits per heavy atom. The Hall–Kier alpha value is -3.54. The van der Waals surface area contributed by atoms with Gasteiger partial charge in [-0.1, -0.05) is 24.3 Å². The fourth-order valence-electron chi connectivity index (χ4n) is 3.42. The van der Waals surface area contributed by atoms with Crippen molar-refractivity contribution in [3.8, 4) is 11.3 Å². The molecule has 3 heterocycles. The maximum Gasteiger partial charge on any atom is 0.227 e. The van der Waals surface area contributed by atoms with Crippen LogP contribution >= 0.6 is 0 Å². The van der Waals surface area contributed by atoms with Crippen LogP contribution in [-0.4, -0.2) is 28.3 Å². The van der Waals surface area contributed by atoms with E-state index < -0.39 is 0 Å². The highest BCUT2D eigenvalue weighted by Gasteiger charge is 2.34. The van der Waals surface area contributed by atoms with Crippen molar-refractivity contribution >= 4 is 17.5 Å². The summed E-state index contributed by atoms with van der Waals surface area (Å²) in [5.41, 5.74) is 3.52. The van der Waals surface area contributed by atoms with Crippen LogP contribution in [0.1, 0.15) is 12.0 Å². The summed E-state index contributed by atoms with van der Waals surface area (Å²) >= 11 is 0. The van der Waals surface area contributed by atoms with Crippen LogP contribution in [-0.2, 0) is 16.1 Å². The highest BCUT2D eigenvalue weighted by atomic mass is 16.2. The molecule has 1 atom stereocenters. The lowest BCUT2D eigenvalue weighted by Gasteiger charge is -2.16. The van der Waals surface area contributed by atoms with Crippen LogP contribution in [0.25, 0.3) is 11.3 Å². The first-order valence-corrected chi connectivity index (χ1v) is 9.20. The van der Waals surface area contributed by atoms with Gasteiger partial charge in [0.25, 0.3) is 0 Å². The van der Waals surface area contributed by atoms with Crippen molar-refractivity contribution in [3.63, 3.8) is 0 Å². The number of hydrogen-bond acceptors (Lipinski definition) is 4. The first-order valence-electron chi connectivity index (χ1n) is 9.20. The van der Waals surface area contributed by atoms with Crippen molar-refractivity contribution in [2.75, 3.05) is 11.4 Å². The van der Waals surface area contributed by atoms with Crippen molar-refractivity contribution < 1.29 is 9.59 Å². The number of aromatic nitrogens is 2. The van der Waals surface area contributed by atoms with Gasteiger partial charge in [0.2, 0.25) is 11.8 Å². The number of nitrogens with zero attached hydrogens (tertiary/aromatic N) is 3. The Labute approximate surface area is 163 Å². The molecule has 1 aliphatic rings. The van der Waals surface area contributed by atoms with E-state index in [1.54, 1.807) is 23.5 Å². The summed E-state index contributed by atoms with van der Waals surface area (Å²) in [4.78, 5) is 35.2. The molecular weight excluding hydrogens is 352 g/mol. The van der Waals surface area contributed by atoms with Crippen molar-refractivity contribution in [2.24, 2.45) is 5.92 Å². The minimum Gasteiger partial charge on any atom is -0.352 e. The first-order chi connectivity index (χ1) is 13.7. The Kier molecular flexibility index (Phi) is 5.10. The molecule has 0 radical (unpaired) electrons. The number of nitrogens with one attached hydrogen (secondary N) is 1. The van der Waals surface area contributed by atoms with Gasteiger partial charge in [0.05, 0.1) is 11.6 Å². The Morgan fingerprint density at radius 3 is 2.61 bits per heavy atom. The van der Waals surface area contributed by atoms with Gasteiger partial charge in [0.15, 0.2) is 0 Å². The van der Waals surface area contributed by atoms with E-state index in [1.807, 2.05) is 54.6 Å². The SMILES string of the molecule is O=C(NCc1cccnc1-c1ccncc1)C1CC(=O)N(c2ccccc2)C1. The summed E-state index contributed by atoms with van der Waals surface area (Å²) in [5, 5.41) is 2.97. The maximum absolute atomic E-state index is 12.7. The molecule has 0 bridgehead atoms. The second kappa shape index (κ2) is 8.00. The number of rotatable bonds is 5. The Morgan fingerprint density at radius 1 is 1.04 bits per heavy atom. The molecule has 2 aromatic heterocycles. The highest BCUT2D eigenvalue weighted by molar-refractivity contribution is 6.00. The number of anilines is 1. The molecule has 0 spiro atoms. The lowest BCUT2D eigenvalue weighted by Crippen LogP contribution is -2.32. The molecular formula is C22H20N4O2. The second-order valence-electron chi connectivity index (χ2n) is 6.71. The van der Waals surface area contributed by atoms with E-state index in [2.05, 4.69) is 15.3 Å². The smallest absolute Gasteiger partial charge is 0.227 e. The lowest BCUT2D eigenvalue weighted by molar-refractivity contribution is -0.126. The molecule has 0 aliphatic carbocycles. The molecule has 1 saturated heterocycles. The minimum atomic E-state index is -0.353. The second-order valence-corrected chi connectivity index (χ2v) is 6.71. The van der Waals surface area contributed by atoms with Crippen LogP contribution in [0.3, 0.4) is 0 Å². The van der Waals surface area contributed by atoms with E-state index in [-0.39, 0.29) is 24.2 Å². The molecule has 4 rings (SSSR count). The van der Waals surface area contributed by atoms with E-state index in [9.17, 15) is 9.59 Å². The summed E-state index contributed by atoms with van der Waals surface area (Å²) in [5.74, 6) is -0.490.